The first-order chi connectivity index (χ1) is 19.1. The minimum absolute atomic E-state index is 0.0649. The molecule has 0 saturated carbocycles. The van der Waals surface area contributed by atoms with Gasteiger partial charge in [-0.1, -0.05) is 24.3 Å². The average Bonchev–Trinajstić information content (AvgIpc) is 3.22. The van der Waals surface area contributed by atoms with Crippen molar-refractivity contribution in [1.29, 1.82) is 10.5 Å². The van der Waals surface area contributed by atoms with Crippen molar-refractivity contribution < 1.29 is 22.7 Å². The first kappa shape index (κ1) is 27.7. The number of aromatic nitrogens is 1. The maximum absolute atomic E-state index is 13.0. The van der Waals surface area contributed by atoms with E-state index in [1.54, 1.807) is 12.1 Å². The second kappa shape index (κ2) is 11.6. The number of ether oxygens (including phenoxy) is 1. The summed E-state index contributed by atoms with van der Waals surface area (Å²) in [6, 6.07) is 24.6. The number of hydrogen-bond donors (Lipinski definition) is 1. The van der Waals surface area contributed by atoms with Gasteiger partial charge in [0.1, 0.15) is 24.0 Å². The summed E-state index contributed by atoms with van der Waals surface area (Å²) >= 11 is 0. The molecule has 0 bridgehead atoms. The molecular formula is C31H23F3N4O2. The van der Waals surface area contributed by atoms with Crippen molar-refractivity contribution >= 4 is 17.7 Å². The Morgan fingerprint density at radius 1 is 1.00 bits per heavy atom. The van der Waals surface area contributed by atoms with E-state index in [-0.39, 0.29) is 17.9 Å². The molecule has 0 aliphatic heterocycles. The molecule has 1 heterocycles. The number of nitrogens with one attached hydrogen (secondary N) is 1. The van der Waals surface area contributed by atoms with Crippen LogP contribution >= 0.6 is 0 Å². The van der Waals surface area contributed by atoms with E-state index >= 15 is 0 Å². The molecule has 0 aliphatic carbocycles. The molecule has 1 amide bonds. The number of anilines is 1. The zero-order valence-electron chi connectivity index (χ0n) is 21.6. The fraction of sp³-hybridized carbons (Fsp3) is 0.129. The van der Waals surface area contributed by atoms with Crippen LogP contribution in [0.3, 0.4) is 0 Å². The Morgan fingerprint density at radius 2 is 1.73 bits per heavy atom. The van der Waals surface area contributed by atoms with Crippen LogP contribution in [0.4, 0.5) is 18.9 Å². The molecule has 40 heavy (non-hydrogen) atoms. The Bertz CT molecular complexity index is 1670. The van der Waals surface area contributed by atoms with Crippen molar-refractivity contribution in [2.24, 2.45) is 0 Å². The Labute approximate surface area is 229 Å². The predicted octanol–water partition coefficient (Wildman–Crippen LogP) is 7.11. The fourth-order valence-corrected chi connectivity index (χ4v) is 4.21. The van der Waals surface area contributed by atoms with E-state index in [1.807, 2.05) is 66.9 Å². The van der Waals surface area contributed by atoms with Crippen molar-refractivity contribution in [1.82, 2.24) is 4.57 Å². The monoisotopic (exact) mass is 540 g/mol. The summed E-state index contributed by atoms with van der Waals surface area (Å²) in [5, 5.41) is 21.2. The van der Waals surface area contributed by atoms with Gasteiger partial charge in [-0.2, -0.15) is 23.7 Å². The standard InChI is InChI=1S/C31H23F3N4O2/c1-20-14-24(15-25(18-36)30(39)37-27-9-5-8-26(16-27)31(32,33)34)21(2)38(20)28-10-12-29(13-11-28)40-19-23-7-4-3-6-22(23)17-35/h3-16H,19H2,1-2H3,(H,37,39)/b25-15-. The third kappa shape index (κ3) is 6.23. The molecule has 0 spiro atoms. The molecule has 3 aromatic carbocycles. The third-order valence-electron chi connectivity index (χ3n) is 6.21. The van der Waals surface area contributed by atoms with Crippen LogP contribution in [0.5, 0.6) is 5.75 Å². The number of alkyl halides is 3. The molecule has 0 unspecified atom stereocenters. The highest BCUT2D eigenvalue weighted by atomic mass is 19.4. The van der Waals surface area contributed by atoms with E-state index in [0.717, 1.165) is 34.8 Å². The Balaban J connectivity index is 1.52. The van der Waals surface area contributed by atoms with Gasteiger partial charge in [-0.3, -0.25) is 4.79 Å². The van der Waals surface area contributed by atoms with Crippen molar-refractivity contribution in [2.75, 3.05) is 5.32 Å². The summed E-state index contributed by atoms with van der Waals surface area (Å²) in [4.78, 5) is 12.7. The summed E-state index contributed by atoms with van der Waals surface area (Å²) < 4.78 is 46.8. The van der Waals surface area contributed by atoms with E-state index in [2.05, 4.69) is 11.4 Å². The zero-order chi connectivity index (χ0) is 28.9. The second-order valence-corrected chi connectivity index (χ2v) is 8.92. The lowest BCUT2D eigenvalue weighted by Gasteiger charge is -2.12. The molecule has 200 valence electrons. The minimum atomic E-state index is -4.56. The van der Waals surface area contributed by atoms with Crippen LogP contribution in [0.1, 0.15) is 33.6 Å². The molecule has 9 heteroatoms. The number of nitrogens with zero attached hydrogens (tertiary/aromatic N) is 3. The van der Waals surface area contributed by atoms with Gasteiger partial charge in [0.2, 0.25) is 0 Å². The number of hydrogen-bond acceptors (Lipinski definition) is 4. The van der Waals surface area contributed by atoms with E-state index in [4.69, 9.17) is 4.74 Å². The summed E-state index contributed by atoms with van der Waals surface area (Å²) in [5.74, 6) is -0.191. The number of benzene rings is 3. The number of amides is 1. The number of carbonyl (C=O) groups is 1. The minimum Gasteiger partial charge on any atom is -0.489 e. The smallest absolute Gasteiger partial charge is 0.416 e. The highest BCUT2D eigenvalue weighted by Gasteiger charge is 2.30. The van der Waals surface area contributed by atoms with Crippen molar-refractivity contribution in [3.8, 4) is 23.6 Å². The van der Waals surface area contributed by atoms with Gasteiger partial charge in [0.25, 0.3) is 5.91 Å². The van der Waals surface area contributed by atoms with Crippen molar-refractivity contribution in [3.63, 3.8) is 0 Å². The summed E-state index contributed by atoms with van der Waals surface area (Å²) in [7, 11) is 0. The van der Waals surface area contributed by atoms with Gasteiger partial charge in [0, 0.05) is 28.3 Å². The lowest BCUT2D eigenvalue weighted by Crippen LogP contribution is -2.14. The van der Waals surface area contributed by atoms with E-state index in [0.29, 0.717) is 16.9 Å². The van der Waals surface area contributed by atoms with Gasteiger partial charge in [-0.25, -0.2) is 0 Å². The molecule has 0 aliphatic rings. The third-order valence-corrected chi connectivity index (χ3v) is 6.21. The SMILES string of the molecule is Cc1cc(/C=C(/C#N)C(=O)Nc2cccc(C(F)(F)F)c2)c(C)n1-c1ccc(OCc2ccccc2C#N)cc1. The molecule has 6 nitrogen and oxygen atoms in total. The van der Waals surface area contributed by atoms with E-state index in [9.17, 15) is 28.5 Å². The van der Waals surface area contributed by atoms with Crippen LogP contribution in [0.15, 0.2) is 84.4 Å². The average molecular weight is 541 g/mol. The summed E-state index contributed by atoms with van der Waals surface area (Å²) in [6.45, 7) is 3.96. The fourth-order valence-electron chi connectivity index (χ4n) is 4.21. The van der Waals surface area contributed by atoms with Crippen molar-refractivity contribution in [3.05, 3.63) is 118 Å². The highest BCUT2D eigenvalue weighted by Crippen LogP contribution is 2.31. The first-order valence-corrected chi connectivity index (χ1v) is 12.1. The lowest BCUT2D eigenvalue weighted by atomic mass is 10.1. The van der Waals surface area contributed by atoms with Gasteiger partial charge < -0.3 is 14.6 Å². The van der Waals surface area contributed by atoms with Crippen LogP contribution < -0.4 is 10.1 Å². The maximum atomic E-state index is 13.0. The van der Waals surface area contributed by atoms with Crippen LogP contribution in [-0.2, 0) is 17.6 Å². The molecule has 0 atom stereocenters. The quantitative estimate of drug-likeness (QED) is 0.200. The molecule has 0 saturated heterocycles. The summed E-state index contributed by atoms with van der Waals surface area (Å²) in [6.07, 6.45) is -3.15. The molecule has 4 aromatic rings. The van der Waals surface area contributed by atoms with Gasteiger partial charge in [-0.15, -0.1) is 0 Å². The van der Waals surface area contributed by atoms with Crippen LogP contribution in [0, 0.1) is 36.5 Å². The number of rotatable bonds is 7. The lowest BCUT2D eigenvalue weighted by molar-refractivity contribution is -0.137. The molecular weight excluding hydrogens is 517 g/mol. The Hall–Kier alpha value is -5.28. The largest absolute Gasteiger partial charge is 0.489 e. The van der Waals surface area contributed by atoms with E-state index in [1.165, 1.54) is 18.2 Å². The molecule has 0 fully saturated rings. The molecule has 0 radical (unpaired) electrons. The van der Waals surface area contributed by atoms with Gasteiger partial charge >= 0.3 is 6.18 Å². The molecule has 4 rings (SSSR count). The highest BCUT2D eigenvalue weighted by molar-refractivity contribution is 6.09. The Kier molecular flexibility index (Phi) is 8.07. The molecule has 1 aromatic heterocycles. The number of nitriles is 2. The topological polar surface area (TPSA) is 90.8 Å². The van der Waals surface area contributed by atoms with Crippen LogP contribution in [0.2, 0.25) is 0 Å². The number of halogens is 3. The number of carbonyl (C=O) groups excluding carboxylic acids is 1. The normalized spacial score (nSPS) is 11.4. The maximum Gasteiger partial charge on any atom is 0.416 e. The summed E-state index contributed by atoms with van der Waals surface area (Å²) in [5.41, 5.74) is 3.16. The van der Waals surface area contributed by atoms with Gasteiger partial charge in [0.05, 0.1) is 17.2 Å². The molecule has 1 N–H and O–H groups in total. The Morgan fingerprint density at radius 3 is 2.40 bits per heavy atom. The van der Waals surface area contributed by atoms with Gasteiger partial charge in [-0.05, 0) is 80.1 Å². The van der Waals surface area contributed by atoms with Crippen LogP contribution in [0.25, 0.3) is 11.8 Å². The second-order valence-electron chi connectivity index (χ2n) is 8.92. The van der Waals surface area contributed by atoms with Crippen LogP contribution in [-0.4, -0.2) is 10.5 Å². The first-order valence-electron chi connectivity index (χ1n) is 12.1. The van der Waals surface area contributed by atoms with Crippen molar-refractivity contribution in [2.45, 2.75) is 26.6 Å². The zero-order valence-corrected chi connectivity index (χ0v) is 21.6. The van der Waals surface area contributed by atoms with E-state index < -0.39 is 17.6 Å². The number of aryl methyl sites for hydroxylation is 1. The predicted molar refractivity (Wildman–Crippen MR) is 144 cm³/mol. The van der Waals surface area contributed by atoms with Gasteiger partial charge in [0.15, 0.2) is 0 Å².